The SMILES string of the molecule is CC(C)[C@@]1(C)NC(=O)N(C[C@@H](O)COc2ccc(Cl)cc2)C1=O. The van der Waals surface area contributed by atoms with Crippen LogP contribution >= 0.6 is 11.6 Å². The number of carbonyl (C=O) groups is 2. The number of nitrogens with one attached hydrogen (secondary N) is 1. The number of halogens is 1. The van der Waals surface area contributed by atoms with Crippen LogP contribution in [0.5, 0.6) is 5.75 Å². The fourth-order valence-electron chi connectivity index (χ4n) is 2.26. The molecule has 0 bridgehead atoms. The highest BCUT2D eigenvalue weighted by Gasteiger charge is 2.49. The number of ether oxygens (including phenoxy) is 1. The second kappa shape index (κ2) is 6.76. The van der Waals surface area contributed by atoms with Crippen LogP contribution in [0, 0.1) is 5.92 Å². The largest absolute Gasteiger partial charge is 0.491 e. The average molecular weight is 341 g/mol. The van der Waals surface area contributed by atoms with Crippen molar-refractivity contribution >= 4 is 23.5 Å². The van der Waals surface area contributed by atoms with Gasteiger partial charge in [-0.1, -0.05) is 25.4 Å². The highest BCUT2D eigenvalue weighted by molar-refractivity contribution is 6.30. The van der Waals surface area contributed by atoms with Gasteiger partial charge in [0, 0.05) is 5.02 Å². The highest BCUT2D eigenvalue weighted by atomic mass is 35.5. The molecule has 0 saturated carbocycles. The lowest BCUT2D eigenvalue weighted by Gasteiger charge is -2.26. The summed E-state index contributed by atoms with van der Waals surface area (Å²) < 4.78 is 5.42. The second-order valence-corrected chi connectivity index (χ2v) is 6.56. The fraction of sp³-hybridized carbons (Fsp3) is 0.500. The van der Waals surface area contributed by atoms with Crippen molar-refractivity contribution < 1.29 is 19.4 Å². The second-order valence-electron chi connectivity index (χ2n) is 6.12. The summed E-state index contributed by atoms with van der Waals surface area (Å²) in [6.07, 6.45) is -0.977. The van der Waals surface area contributed by atoms with Gasteiger partial charge in [0.2, 0.25) is 0 Å². The minimum atomic E-state index is -0.977. The Balaban J connectivity index is 1.92. The number of rotatable bonds is 6. The lowest BCUT2D eigenvalue weighted by Crippen LogP contribution is -2.49. The van der Waals surface area contributed by atoms with Gasteiger partial charge < -0.3 is 15.2 Å². The predicted octanol–water partition coefficient (Wildman–Crippen LogP) is 2.05. The molecular formula is C16H21ClN2O4. The van der Waals surface area contributed by atoms with E-state index >= 15 is 0 Å². The smallest absolute Gasteiger partial charge is 0.325 e. The van der Waals surface area contributed by atoms with E-state index in [1.54, 1.807) is 31.2 Å². The topological polar surface area (TPSA) is 78.9 Å². The van der Waals surface area contributed by atoms with Crippen molar-refractivity contribution in [3.63, 3.8) is 0 Å². The number of aliphatic hydroxyl groups excluding tert-OH is 1. The molecule has 0 unspecified atom stereocenters. The van der Waals surface area contributed by atoms with Gasteiger partial charge in [0.25, 0.3) is 5.91 Å². The van der Waals surface area contributed by atoms with E-state index in [1.165, 1.54) is 0 Å². The van der Waals surface area contributed by atoms with E-state index in [9.17, 15) is 14.7 Å². The molecule has 6 nitrogen and oxygen atoms in total. The number of hydrogen-bond acceptors (Lipinski definition) is 4. The standard InChI is InChI=1S/C16H21ClN2O4/c1-10(2)16(3)14(21)19(15(22)18-16)8-12(20)9-23-13-6-4-11(17)5-7-13/h4-7,10,12,20H,8-9H2,1-3H3,(H,18,22)/t12-,16-/m1/s1. The van der Waals surface area contributed by atoms with Crippen LogP contribution in [-0.4, -0.2) is 46.7 Å². The summed E-state index contributed by atoms with van der Waals surface area (Å²) in [6.45, 7) is 5.27. The summed E-state index contributed by atoms with van der Waals surface area (Å²) in [7, 11) is 0. The van der Waals surface area contributed by atoms with Crippen molar-refractivity contribution in [3.8, 4) is 5.75 Å². The number of nitrogens with zero attached hydrogens (tertiary/aromatic N) is 1. The van der Waals surface area contributed by atoms with Crippen LogP contribution in [0.15, 0.2) is 24.3 Å². The molecule has 1 aliphatic heterocycles. The molecule has 1 aromatic carbocycles. The van der Waals surface area contributed by atoms with E-state index in [1.807, 2.05) is 13.8 Å². The quantitative estimate of drug-likeness (QED) is 0.777. The van der Waals surface area contributed by atoms with Gasteiger partial charge >= 0.3 is 6.03 Å². The summed E-state index contributed by atoms with van der Waals surface area (Å²) >= 11 is 5.78. The molecule has 0 aromatic heterocycles. The minimum Gasteiger partial charge on any atom is -0.491 e. The summed E-state index contributed by atoms with van der Waals surface area (Å²) in [6, 6.07) is 6.22. The molecule has 1 aliphatic rings. The van der Waals surface area contributed by atoms with Crippen LogP contribution in [0.25, 0.3) is 0 Å². The number of benzene rings is 1. The first-order valence-electron chi connectivity index (χ1n) is 7.44. The van der Waals surface area contributed by atoms with Gasteiger partial charge in [-0.25, -0.2) is 4.79 Å². The maximum Gasteiger partial charge on any atom is 0.325 e. The molecule has 23 heavy (non-hydrogen) atoms. The van der Waals surface area contributed by atoms with E-state index in [0.717, 1.165) is 4.90 Å². The zero-order valence-electron chi connectivity index (χ0n) is 13.4. The molecule has 0 spiro atoms. The summed E-state index contributed by atoms with van der Waals surface area (Å²) in [5.74, 6) is 0.173. The van der Waals surface area contributed by atoms with E-state index < -0.39 is 17.7 Å². The molecule has 3 amide bonds. The number of urea groups is 1. The third-order valence-corrected chi connectivity index (χ3v) is 4.36. The van der Waals surface area contributed by atoms with Gasteiger partial charge in [-0.05, 0) is 37.1 Å². The Hall–Kier alpha value is -1.79. The monoisotopic (exact) mass is 340 g/mol. The summed E-state index contributed by atoms with van der Waals surface area (Å²) in [5.41, 5.74) is -0.937. The molecule has 1 heterocycles. The number of imide groups is 1. The molecular weight excluding hydrogens is 320 g/mol. The maximum atomic E-state index is 12.4. The molecule has 2 rings (SSSR count). The molecule has 1 saturated heterocycles. The van der Waals surface area contributed by atoms with E-state index in [2.05, 4.69) is 5.32 Å². The highest BCUT2D eigenvalue weighted by Crippen LogP contribution is 2.25. The van der Waals surface area contributed by atoms with Crippen LogP contribution in [0.2, 0.25) is 5.02 Å². The Kier molecular flexibility index (Phi) is 5.16. The Morgan fingerprint density at radius 1 is 1.30 bits per heavy atom. The Morgan fingerprint density at radius 2 is 1.91 bits per heavy atom. The van der Waals surface area contributed by atoms with Crippen molar-refractivity contribution in [3.05, 3.63) is 29.3 Å². The third kappa shape index (κ3) is 3.76. The first kappa shape index (κ1) is 17.6. The Bertz CT molecular complexity index is 590. The third-order valence-electron chi connectivity index (χ3n) is 4.11. The predicted molar refractivity (Wildman–Crippen MR) is 86.4 cm³/mol. The molecule has 2 atom stereocenters. The number of aliphatic hydroxyl groups is 1. The number of amides is 3. The van der Waals surface area contributed by atoms with Crippen molar-refractivity contribution in [2.45, 2.75) is 32.4 Å². The van der Waals surface area contributed by atoms with Crippen molar-refractivity contribution in [1.29, 1.82) is 0 Å². The zero-order chi connectivity index (χ0) is 17.2. The van der Waals surface area contributed by atoms with Gasteiger partial charge in [0.1, 0.15) is 24.0 Å². The molecule has 1 aromatic rings. The van der Waals surface area contributed by atoms with E-state index in [4.69, 9.17) is 16.3 Å². The normalized spacial score (nSPS) is 22.4. The number of β-amino-alcohol motifs (C(OH)–C–C–N with tert-alkyl or cyclic N) is 1. The first-order chi connectivity index (χ1) is 10.7. The van der Waals surface area contributed by atoms with Gasteiger partial charge in [0.15, 0.2) is 0 Å². The summed E-state index contributed by atoms with van der Waals surface area (Å²) in [5, 5.41) is 13.3. The van der Waals surface area contributed by atoms with Crippen molar-refractivity contribution in [2.24, 2.45) is 5.92 Å². The van der Waals surface area contributed by atoms with E-state index in [0.29, 0.717) is 10.8 Å². The molecule has 126 valence electrons. The zero-order valence-corrected chi connectivity index (χ0v) is 14.1. The lowest BCUT2D eigenvalue weighted by atomic mass is 9.88. The molecule has 2 N–H and O–H groups in total. The van der Waals surface area contributed by atoms with Gasteiger partial charge in [0.05, 0.1) is 6.54 Å². The summed E-state index contributed by atoms with van der Waals surface area (Å²) in [4.78, 5) is 25.4. The van der Waals surface area contributed by atoms with Crippen LogP contribution in [0.1, 0.15) is 20.8 Å². The Labute approximate surface area is 140 Å². The van der Waals surface area contributed by atoms with Gasteiger partial charge in [-0.2, -0.15) is 0 Å². The number of hydrogen-bond donors (Lipinski definition) is 2. The number of carbonyl (C=O) groups excluding carboxylic acids is 2. The maximum absolute atomic E-state index is 12.4. The van der Waals surface area contributed by atoms with Crippen LogP contribution < -0.4 is 10.1 Å². The molecule has 1 fully saturated rings. The lowest BCUT2D eigenvalue weighted by molar-refractivity contribution is -0.133. The first-order valence-corrected chi connectivity index (χ1v) is 7.82. The molecule has 0 radical (unpaired) electrons. The fourth-order valence-corrected chi connectivity index (χ4v) is 2.39. The van der Waals surface area contributed by atoms with Crippen molar-refractivity contribution in [2.75, 3.05) is 13.2 Å². The van der Waals surface area contributed by atoms with Gasteiger partial charge in [-0.3, -0.25) is 9.69 Å². The van der Waals surface area contributed by atoms with Crippen LogP contribution in [0.4, 0.5) is 4.79 Å². The minimum absolute atomic E-state index is 0.0307. The molecule has 0 aliphatic carbocycles. The van der Waals surface area contributed by atoms with Crippen LogP contribution in [0.3, 0.4) is 0 Å². The van der Waals surface area contributed by atoms with E-state index in [-0.39, 0.29) is 25.0 Å². The van der Waals surface area contributed by atoms with Gasteiger partial charge in [-0.15, -0.1) is 0 Å². The van der Waals surface area contributed by atoms with Crippen molar-refractivity contribution in [1.82, 2.24) is 10.2 Å². The average Bonchev–Trinajstić information content (AvgIpc) is 2.71. The van der Waals surface area contributed by atoms with Crippen LogP contribution in [-0.2, 0) is 4.79 Å². The molecule has 7 heteroatoms. The Morgan fingerprint density at radius 3 is 2.43 bits per heavy atom.